The van der Waals surface area contributed by atoms with Gasteiger partial charge in [0.15, 0.2) is 5.78 Å². The predicted molar refractivity (Wildman–Crippen MR) is 39.2 cm³/mol. The van der Waals surface area contributed by atoms with Crippen molar-refractivity contribution in [2.75, 3.05) is 6.54 Å². The van der Waals surface area contributed by atoms with Crippen molar-refractivity contribution in [1.29, 1.82) is 0 Å². The molecule has 2 heterocycles. The predicted octanol–water partition coefficient (Wildman–Crippen LogP) is -0.294. The van der Waals surface area contributed by atoms with E-state index in [1.165, 1.54) is 0 Å². The Morgan fingerprint density at radius 1 is 1.64 bits per heavy atom. The highest BCUT2D eigenvalue weighted by Gasteiger charge is 2.20. The summed E-state index contributed by atoms with van der Waals surface area (Å²) in [5.41, 5.74) is 1.62. The van der Waals surface area contributed by atoms with Gasteiger partial charge in [-0.1, -0.05) is 0 Å². The summed E-state index contributed by atoms with van der Waals surface area (Å²) in [6.45, 7) is 1.15. The first-order chi connectivity index (χ1) is 5.29. The van der Waals surface area contributed by atoms with Crippen molar-refractivity contribution in [2.24, 2.45) is 7.05 Å². The molecule has 0 spiro atoms. The number of imidazole rings is 1. The van der Waals surface area contributed by atoms with Crippen molar-refractivity contribution in [1.82, 2.24) is 14.9 Å². The third kappa shape index (κ3) is 0.867. The largest absolute Gasteiger partial charge is 0.331 e. The number of rotatable bonds is 0. The number of hydrogen-bond acceptors (Lipinski definition) is 3. The Hall–Kier alpha value is -1.16. The second-order valence-corrected chi connectivity index (χ2v) is 2.68. The molecule has 2 rings (SSSR count). The molecule has 0 amide bonds. The summed E-state index contributed by atoms with van der Waals surface area (Å²) >= 11 is 0. The van der Waals surface area contributed by atoms with Gasteiger partial charge >= 0.3 is 0 Å². The number of hydrogen-bond donors (Lipinski definition) is 1. The van der Waals surface area contributed by atoms with Crippen molar-refractivity contribution in [3.63, 3.8) is 0 Å². The molecule has 1 N–H and O–H groups in total. The second-order valence-electron chi connectivity index (χ2n) is 2.68. The molecule has 0 saturated heterocycles. The first kappa shape index (κ1) is 6.54. The minimum Gasteiger partial charge on any atom is -0.331 e. The van der Waals surface area contributed by atoms with E-state index in [0.717, 1.165) is 11.4 Å². The van der Waals surface area contributed by atoms with Gasteiger partial charge in [0.1, 0.15) is 5.69 Å². The molecule has 58 valence electrons. The van der Waals surface area contributed by atoms with Crippen LogP contribution in [0.4, 0.5) is 0 Å². The topological polar surface area (TPSA) is 46.9 Å². The fraction of sp³-hybridized carbons (Fsp3) is 0.429. The van der Waals surface area contributed by atoms with Crippen LogP contribution in [0.15, 0.2) is 6.33 Å². The Balaban J connectivity index is 2.56. The SMILES string of the molecule is Cn1cnc2c1C(=O)CNC2. The van der Waals surface area contributed by atoms with Gasteiger partial charge in [-0.15, -0.1) is 0 Å². The summed E-state index contributed by atoms with van der Waals surface area (Å²) in [6.07, 6.45) is 1.68. The molecule has 1 aromatic heterocycles. The lowest BCUT2D eigenvalue weighted by Gasteiger charge is -2.11. The Labute approximate surface area is 64.2 Å². The van der Waals surface area contributed by atoms with Crippen LogP contribution < -0.4 is 5.32 Å². The maximum atomic E-state index is 11.2. The van der Waals surface area contributed by atoms with E-state index in [0.29, 0.717) is 13.1 Å². The molecular weight excluding hydrogens is 142 g/mol. The Morgan fingerprint density at radius 3 is 3.18 bits per heavy atom. The molecule has 4 nitrogen and oxygen atoms in total. The molecule has 0 aromatic carbocycles. The maximum Gasteiger partial charge on any atom is 0.194 e. The zero-order valence-corrected chi connectivity index (χ0v) is 6.29. The first-order valence-corrected chi connectivity index (χ1v) is 3.53. The number of Topliss-reactive ketones (excluding diaryl/α,β-unsaturated/α-hetero) is 1. The normalized spacial score (nSPS) is 16.6. The molecule has 1 aliphatic rings. The molecule has 0 aliphatic carbocycles. The van der Waals surface area contributed by atoms with Gasteiger partial charge in [-0.3, -0.25) is 4.79 Å². The van der Waals surface area contributed by atoms with Crippen LogP contribution in [0.5, 0.6) is 0 Å². The Bertz CT molecular complexity index is 303. The fourth-order valence-electron chi connectivity index (χ4n) is 1.34. The van der Waals surface area contributed by atoms with E-state index in [1.54, 1.807) is 10.9 Å². The minimum atomic E-state index is 0.131. The highest BCUT2D eigenvalue weighted by molar-refractivity contribution is 5.98. The lowest BCUT2D eigenvalue weighted by atomic mass is 10.1. The van der Waals surface area contributed by atoms with Crippen LogP contribution in [0.2, 0.25) is 0 Å². The number of nitrogens with one attached hydrogen (secondary N) is 1. The second kappa shape index (κ2) is 2.17. The highest BCUT2D eigenvalue weighted by Crippen LogP contribution is 2.09. The molecular formula is C7H9N3O. The quantitative estimate of drug-likeness (QED) is 0.554. The van der Waals surface area contributed by atoms with Crippen LogP contribution in [0.1, 0.15) is 16.2 Å². The summed E-state index contributed by atoms with van der Waals surface area (Å²) in [5, 5.41) is 2.98. The third-order valence-electron chi connectivity index (χ3n) is 1.85. The van der Waals surface area contributed by atoms with Crippen LogP contribution in [0, 0.1) is 0 Å². The number of ketones is 1. The van der Waals surface area contributed by atoms with Gasteiger partial charge in [0, 0.05) is 13.6 Å². The summed E-state index contributed by atoms with van der Waals surface area (Å²) in [7, 11) is 1.84. The fourth-order valence-corrected chi connectivity index (χ4v) is 1.34. The molecule has 0 bridgehead atoms. The summed E-state index contributed by atoms with van der Waals surface area (Å²) in [4.78, 5) is 15.3. The number of nitrogens with zero attached hydrogens (tertiary/aromatic N) is 2. The van der Waals surface area contributed by atoms with Crippen molar-refractivity contribution < 1.29 is 4.79 Å². The first-order valence-electron chi connectivity index (χ1n) is 3.53. The molecule has 0 fully saturated rings. The average molecular weight is 151 g/mol. The third-order valence-corrected chi connectivity index (χ3v) is 1.85. The van der Waals surface area contributed by atoms with E-state index >= 15 is 0 Å². The summed E-state index contributed by atoms with van der Waals surface area (Å²) in [6, 6.07) is 0. The molecule has 1 aliphatic heterocycles. The van der Waals surface area contributed by atoms with Gasteiger partial charge in [0.05, 0.1) is 18.6 Å². The van der Waals surface area contributed by atoms with Gasteiger partial charge in [-0.2, -0.15) is 0 Å². The van der Waals surface area contributed by atoms with E-state index in [1.807, 2.05) is 7.05 Å². The number of aryl methyl sites for hydroxylation is 1. The van der Waals surface area contributed by atoms with E-state index in [4.69, 9.17) is 0 Å². The minimum absolute atomic E-state index is 0.131. The zero-order chi connectivity index (χ0) is 7.84. The standard InChI is InChI=1S/C7H9N3O/c1-10-4-9-5-2-8-3-6(11)7(5)10/h4,8H,2-3H2,1H3. The molecule has 0 unspecified atom stereocenters. The molecule has 11 heavy (non-hydrogen) atoms. The van der Waals surface area contributed by atoms with Gasteiger partial charge in [0.2, 0.25) is 0 Å². The Kier molecular flexibility index (Phi) is 1.29. The molecule has 0 saturated carbocycles. The average Bonchev–Trinajstić information content (AvgIpc) is 2.34. The van der Waals surface area contributed by atoms with Gasteiger partial charge in [-0.25, -0.2) is 4.98 Å². The van der Waals surface area contributed by atoms with Crippen LogP contribution in [-0.2, 0) is 13.6 Å². The lowest BCUT2D eigenvalue weighted by molar-refractivity contribution is 0.0973. The van der Waals surface area contributed by atoms with Gasteiger partial charge < -0.3 is 9.88 Å². The van der Waals surface area contributed by atoms with Crippen molar-refractivity contribution in [2.45, 2.75) is 6.54 Å². The maximum absolute atomic E-state index is 11.2. The van der Waals surface area contributed by atoms with Crippen molar-refractivity contribution >= 4 is 5.78 Å². The van der Waals surface area contributed by atoms with Gasteiger partial charge in [0.25, 0.3) is 0 Å². The highest BCUT2D eigenvalue weighted by atomic mass is 16.1. The van der Waals surface area contributed by atoms with Gasteiger partial charge in [-0.05, 0) is 0 Å². The van der Waals surface area contributed by atoms with E-state index in [2.05, 4.69) is 10.3 Å². The van der Waals surface area contributed by atoms with Crippen LogP contribution in [0.3, 0.4) is 0 Å². The lowest BCUT2D eigenvalue weighted by Crippen LogP contribution is -2.30. The molecule has 1 aromatic rings. The van der Waals surface area contributed by atoms with Crippen molar-refractivity contribution in [3.05, 3.63) is 17.7 Å². The van der Waals surface area contributed by atoms with Crippen LogP contribution >= 0.6 is 0 Å². The monoisotopic (exact) mass is 151 g/mol. The molecule has 0 radical (unpaired) electrons. The molecule has 0 atom stereocenters. The van der Waals surface area contributed by atoms with E-state index in [9.17, 15) is 4.79 Å². The smallest absolute Gasteiger partial charge is 0.194 e. The number of carbonyl (C=O) groups is 1. The summed E-state index contributed by atoms with van der Waals surface area (Å²) in [5.74, 6) is 0.131. The van der Waals surface area contributed by atoms with E-state index < -0.39 is 0 Å². The zero-order valence-electron chi connectivity index (χ0n) is 6.29. The number of carbonyl (C=O) groups excluding carboxylic acids is 1. The number of fused-ring (bicyclic) bond motifs is 1. The van der Waals surface area contributed by atoms with Crippen LogP contribution in [0.25, 0.3) is 0 Å². The summed E-state index contributed by atoms with van der Waals surface area (Å²) < 4.78 is 1.78. The number of aromatic nitrogens is 2. The molecule has 4 heteroatoms. The van der Waals surface area contributed by atoms with Crippen molar-refractivity contribution in [3.8, 4) is 0 Å². The Morgan fingerprint density at radius 2 is 2.45 bits per heavy atom. The van der Waals surface area contributed by atoms with Crippen LogP contribution in [-0.4, -0.2) is 21.9 Å². The van der Waals surface area contributed by atoms with E-state index in [-0.39, 0.29) is 5.78 Å².